The summed E-state index contributed by atoms with van der Waals surface area (Å²) in [5, 5.41) is 9.54. The van der Waals surface area contributed by atoms with Gasteiger partial charge in [-0.2, -0.15) is 0 Å². The van der Waals surface area contributed by atoms with E-state index in [2.05, 4.69) is 9.97 Å². The predicted octanol–water partition coefficient (Wildman–Crippen LogP) is 2.30. The summed E-state index contributed by atoms with van der Waals surface area (Å²) < 4.78 is 7.24. The molecule has 6 nitrogen and oxygen atoms in total. The van der Waals surface area contributed by atoms with Gasteiger partial charge in [0.15, 0.2) is 10.8 Å². The Morgan fingerprint density at radius 2 is 2.24 bits per heavy atom. The summed E-state index contributed by atoms with van der Waals surface area (Å²) in [5.74, 6) is -0.905. The number of carbonyl (C=O) groups is 1. The van der Waals surface area contributed by atoms with E-state index < -0.39 is 5.97 Å². The Hall–Kier alpha value is -1.60. The average molecular weight is 309 g/mol. The molecule has 2 heterocycles. The summed E-state index contributed by atoms with van der Waals surface area (Å²) in [4.78, 5) is 19.8. The molecule has 1 N–H and O–H groups in total. The number of rotatable bonds is 6. The fourth-order valence-corrected chi connectivity index (χ4v) is 3.11. The number of thioether (sulfide) groups is 1. The molecule has 0 amide bonds. The van der Waals surface area contributed by atoms with Crippen LogP contribution in [0.3, 0.4) is 0 Å². The highest BCUT2D eigenvalue weighted by molar-refractivity contribution is 7.99. The molecule has 0 fully saturated rings. The summed E-state index contributed by atoms with van der Waals surface area (Å²) >= 11 is 1.20. The van der Waals surface area contributed by atoms with Crippen molar-refractivity contribution in [2.24, 2.45) is 0 Å². The van der Waals surface area contributed by atoms with Crippen LogP contribution in [0.15, 0.2) is 17.4 Å². The van der Waals surface area contributed by atoms with Crippen LogP contribution >= 0.6 is 11.8 Å². The lowest BCUT2D eigenvalue weighted by atomic mass is 10.1. The van der Waals surface area contributed by atoms with Crippen molar-refractivity contribution in [2.45, 2.75) is 31.5 Å². The third-order valence-electron chi connectivity index (χ3n) is 3.03. The van der Waals surface area contributed by atoms with Gasteiger partial charge in [-0.15, -0.1) is 0 Å². The van der Waals surface area contributed by atoms with Gasteiger partial charge in [0, 0.05) is 13.3 Å². The van der Waals surface area contributed by atoms with E-state index in [9.17, 15) is 4.79 Å². The Kier molecular flexibility index (Phi) is 4.53. The first-order valence-corrected chi connectivity index (χ1v) is 7.53. The van der Waals surface area contributed by atoms with Crippen LogP contribution in [0.4, 0.5) is 0 Å². The van der Waals surface area contributed by atoms with Crippen LogP contribution in [0.2, 0.25) is 0 Å². The molecule has 0 saturated carbocycles. The minimum Gasteiger partial charge on any atom is -0.481 e. The van der Waals surface area contributed by atoms with Crippen LogP contribution in [-0.2, 0) is 15.1 Å². The fourth-order valence-electron chi connectivity index (χ4n) is 2.23. The van der Waals surface area contributed by atoms with Crippen LogP contribution in [0, 0.1) is 6.92 Å². The van der Waals surface area contributed by atoms with Gasteiger partial charge in [0.1, 0.15) is 5.52 Å². The molecule has 114 valence electrons. The number of hydrogen-bond donors (Lipinski definition) is 1. The molecule has 0 spiro atoms. The number of carboxylic acid groups (broad SMARTS) is 1. The molecule has 0 aliphatic heterocycles. The first kappa shape index (κ1) is 15.8. The quantitative estimate of drug-likeness (QED) is 0.825. The van der Waals surface area contributed by atoms with Crippen molar-refractivity contribution in [3.05, 3.63) is 17.8 Å². The normalized spacial score (nSPS) is 12.0. The smallest absolute Gasteiger partial charge is 0.313 e. The summed E-state index contributed by atoms with van der Waals surface area (Å²) in [5.41, 5.74) is 2.17. The van der Waals surface area contributed by atoms with Gasteiger partial charge in [-0.3, -0.25) is 9.36 Å². The lowest BCUT2D eigenvalue weighted by Gasteiger charge is -2.27. The monoisotopic (exact) mass is 309 g/mol. The average Bonchev–Trinajstić information content (AvgIpc) is 2.74. The molecule has 0 atom stereocenters. The lowest BCUT2D eigenvalue weighted by molar-refractivity contribution is -0.133. The number of aliphatic carboxylic acids is 1. The van der Waals surface area contributed by atoms with Gasteiger partial charge in [-0.05, 0) is 32.4 Å². The summed E-state index contributed by atoms with van der Waals surface area (Å²) in [6, 6.07) is 1.95. The first-order chi connectivity index (χ1) is 9.85. The third kappa shape index (κ3) is 3.36. The molecule has 0 bridgehead atoms. The van der Waals surface area contributed by atoms with Crippen molar-refractivity contribution >= 4 is 28.9 Å². The van der Waals surface area contributed by atoms with Crippen LogP contribution in [-0.4, -0.2) is 45.1 Å². The van der Waals surface area contributed by atoms with Gasteiger partial charge >= 0.3 is 5.97 Å². The van der Waals surface area contributed by atoms with Crippen LogP contribution in [0.5, 0.6) is 0 Å². The van der Waals surface area contributed by atoms with Gasteiger partial charge in [0.05, 0.1) is 17.9 Å². The van der Waals surface area contributed by atoms with E-state index in [0.29, 0.717) is 11.8 Å². The molecule has 7 heteroatoms. The number of nitrogens with zero attached hydrogens (tertiary/aromatic N) is 3. The molecule has 2 rings (SSSR count). The van der Waals surface area contributed by atoms with Crippen LogP contribution in [0.25, 0.3) is 11.2 Å². The highest BCUT2D eigenvalue weighted by Crippen LogP contribution is 2.30. The summed E-state index contributed by atoms with van der Waals surface area (Å²) in [6.45, 7) is 6.47. The summed E-state index contributed by atoms with van der Waals surface area (Å²) in [7, 11) is 1.64. The van der Waals surface area contributed by atoms with E-state index in [0.717, 1.165) is 16.7 Å². The van der Waals surface area contributed by atoms with Gasteiger partial charge in [-0.25, -0.2) is 9.97 Å². The zero-order valence-electron chi connectivity index (χ0n) is 12.6. The lowest BCUT2D eigenvalue weighted by Crippen LogP contribution is -2.32. The maximum atomic E-state index is 10.8. The van der Waals surface area contributed by atoms with Gasteiger partial charge < -0.3 is 9.84 Å². The van der Waals surface area contributed by atoms with E-state index in [1.54, 1.807) is 13.3 Å². The number of carboxylic acids is 1. The Labute approximate surface area is 127 Å². The number of imidazole rings is 1. The number of pyridine rings is 1. The number of hydrogen-bond acceptors (Lipinski definition) is 5. The van der Waals surface area contributed by atoms with Crippen molar-refractivity contribution in [2.75, 3.05) is 19.5 Å². The maximum absolute atomic E-state index is 10.8. The van der Waals surface area contributed by atoms with Crippen LogP contribution < -0.4 is 0 Å². The maximum Gasteiger partial charge on any atom is 0.313 e. The van der Waals surface area contributed by atoms with Crippen molar-refractivity contribution in [1.29, 1.82) is 0 Å². The van der Waals surface area contributed by atoms with E-state index >= 15 is 0 Å². The van der Waals surface area contributed by atoms with Crippen molar-refractivity contribution in [3.63, 3.8) is 0 Å². The number of fused-ring (bicyclic) bond motifs is 1. The Balaban J connectivity index is 2.56. The topological polar surface area (TPSA) is 77.2 Å². The van der Waals surface area contributed by atoms with Gasteiger partial charge in [-0.1, -0.05) is 11.8 Å². The Morgan fingerprint density at radius 3 is 2.86 bits per heavy atom. The molecule has 0 radical (unpaired) electrons. The molecule has 0 unspecified atom stereocenters. The SMILES string of the molecule is COCC(C)(C)n1c(SCC(=O)O)nc2cc(C)cnc21. The van der Waals surface area contributed by atoms with Crippen molar-refractivity contribution in [3.8, 4) is 0 Å². The number of methoxy groups -OCH3 is 1. The molecule has 0 aromatic carbocycles. The second-order valence-corrected chi connectivity index (χ2v) is 6.46. The zero-order chi connectivity index (χ0) is 15.6. The molecular weight excluding hydrogens is 290 g/mol. The minimum atomic E-state index is -0.868. The van der Waals surface area contributed by atoms with Gasteiger partial charge in [0.25, 0.3) is 0 Å². The minimum absolute atomic E-state index is 0.0363. The second kappa shape index (κ2) is 6.03. The molecule has 0 aliphatic rings. The van der Waals surface area contributed by atoms with E-state index in [-0.39, 0.29) is 11.3 Å². The molecular formula is C14H19N3O3S. The van der Waals surface area contributed by atoms with Gasteiger partial charge in [0.2, 0.25) is 0 Å². The number of aromatic nitrogens is 3. The highest BCUT2D eigenvalue weighted by Gasteiger charge is 2.27. The molecule has 0 aliphatic carbocycles. The highest BCUT2D eigenvalue weighted by atomic mass is 32.2. The first-order valence-electron chi connectivity index (χ1n) is 6.54. The predicted molar refractivity (Wildman–Crippen MR) is 81.8 cm³/mol. The molecule has 2 aromatic rings. The van der Waals surface area contributed by atoms with Crippen molar-refractivity contribution < 1.29 is 14.6 Å². The standard InChI is InChI=1S/C14H19N3O3S/c1-9-5-10-12(15-6-9)17(14(2,3)8-20-4)13(16-10)21-7-11(18)19/h5-6H,7-8H2,1-4H3,(H,18,19). The Bertz CT molecular complexity index is 667. The fraction of sp³-hybridized carbons (Fsp3) is 0.500. The summed E-state index contributed by atoms with van der Waals surface area (Å²) in [6.07, 6.45) is 1.79. The van der Waals surface area contributed by atoms with Crippen LogP contribution in [0.1, 0.15) is 19.4 Å². The molecule has 2 aromatic heterocycles. The zero-order valence-corrected chi connectivity index (χ0v) is 13.4. The van der Waals surface area contributed by atoms with E-state index in [4.69, 9.17) is 9.84 Å². The van der Waals surface area contributed by atoms with E-state index in [1.165, 1.54) is 11.8 Å². The van der Waals surface area contributed by atoms with E-state index in [1.807, 2.05) is 31.4 Å². The van der Waals surface area contributed by atoms with Crippen molar-refractivity contribution in [1.82, 2.24) is 14.5 Å². The second-order valence-electron chi connectivity index (χ2n) is 5.51. The third-order valence-corrected chi connectivity index (χ3v) is 3.95. The number of aryl methyl sites for hydroxylation is 1. The molecule has 0 saturated heterocycles. The molecule has 21 heavy (non-hydrogen) atoms. The Morgan fingerprint density at radius 1 is 1.52 bits per heavy atom. The number of ether oxygens (including phenoxy) is 1. The largest absolute Gasteiger partial charge is 0.481 e.